The molecule has 1 unspecified atom stereocenters. The van der Waals surface area contributed by atoms with Crippen LogP contribution in [0.5, 0.6) is 23.0 Å². The maximum absolute atomic E-state index is 14.9. The van der Waals surface area contributed by atoms with Crippen LogP contribution in [0.3, 0.4) is 0 Å². The Hall–Kier alpha value is -4.96. The zero-order chi connectivity index (χ0) is 37.6. The summed E-state index contributed by atoms with van der Waals surface area (Å²) in [6, 6.07) is 4.92. The molecule has 2 aromatic rings. The van der Waals surface area contributed by atoms with E-state index in [1.54, 1.807) is 0 Å². The van der Waals surface area contributed by atoms with Crippen LogP contribution < -0.4 is 29.6 Å². The number of ether oxygens (including phenoxy) is 4. The Morgan fingerprint density at radius 1 is 0.863 bits per heavy atom. The first-order chi connectivity index (χ1) is 24.3. The van der Waals surface area contributed by atoms with E-state index >= 15 is 0 Å². The zero-order valence-electron chi connectivity index (χ0n) is 29.4. The summed E-state index contributed by atoms with van der Waals surface area (Å²) in [5, 5.41) is 25.7. The summed E-state index contributed by atoms with van der Waals surface area (Å²) in [7, 11) is 5.22. The number of amides is 3. The van der Waals surface area contributed by atoms with Crippen molar-refractivity contribution in [1.82, 2.24) is 20.4 Å². The predicted octanol–water partition coefficient (Wildman–Crippen LogP) is 2.44. The molecule has 1 saturated heterocycles. The van der Waals surface area contributed by atoms with Gasteiger partial charge in [-0.25, -0.2) is 13.6 Å². The first-order valence-corrected chi connectivity index (χ1v) is 16.4. The van der Waals surface area contributed by atoms with Gasteiger partial charge in [0.05, 0.1) is 57.6 Å². The average Bonchev–Trinajstić information content (AvgIpc) is 3.34. The number of carbonyl (C=O) groups is 4. The highest BCUT2D eigenvalue weighted by atomic mass is 19.1. The van der Waals surface area contributed by atoms with Gasteiger partial charge in [-0.1, -0.05) is 6.92 Å². The number of nitrogens with one attached hydrogen (secondary N) is 2. The van der Waals surface area contributed by atoms with Crippen molar-refractivity contribution in [2.75, 3.05) is 61.2 Å². The van der Waals surface area contributed by atoms with Gasteiger partial charge in [0, 0.05) is 38.6 Å². The predicted molar refractivity (Wildman–Crippen MR) is 179 cm³/mol. The van der Waals surface area contributed by atoms with Crippen molar-refractivity contribution in [3.63, 3.8) is 0 Å². The summed E-state index contributed by atoms with van der Waals surface area (Å²) in [6.07, 6.45) is -0.211. The Balaban J connectivity index is 1.45. The molecule has 4 N–H and O–H groups in total. The van der Waals surface area contributed by atoms with Gasteiger partial charge >= 0.3 is 5.97 Å². The Labute approximate surface area is 294 Å². The van der Waals surface area contributed by atoms with Crippen LogP contribution in [0.25, 0.3) is 0 Å². The molecule has 14 nitrogen and oxygen atoms in total. The molecule has 0 aliphatic carbocycles. The van der Waals surface area contributed by atoms with E-state index < -0.39 is 53.4 Å². The van der Waals surface area contributed by atoms with Crippen molar-refractivity contribution in [2.45, 2.75) is 38.8 Å². The molecule has 2 aliphatic heterocycles. The van der Waals surface area contributed by atoms with E-state index in [-0.39, 0.29) is 65.4 Å². The number of aliphatic hydroxyl groups excluding tert-OH is 1. The number of halogens is 2. The minimum atomic E-state index is -1.26. The monoisotopic (exact) mass is 718 g/mol. The fourth-order valence-electron chi connectivity index (χ4n) is 6.69. The van der Waals surface area contributed by atoms with Crippen molar-refractivity contribution in [2.24, 2.45) is 11.8 Å². The normalized spacial score (nSPS) is 18.6. The molecule has 278 valence electrons. The van der Waals surface area contributed by atoms with E-state index in [1.165, 1.54) is 64.5 Å². The third-order valence-corrected chi connectivity index (χ3v) is 9.24. The van der Waals surface area contributed by atoms with Gasteiger partial charge in [0.2, 0.25) is 5.91 Å². The SMILES string of the molecule is COc1ccc(C(=O)NCCCN(CCCNC(=O)c2ccc(OC)c(OC)c2F)CC2=C(C(=O)O)N3C(=O)[C@H]([C@@H](C)O)C3[C@H]2C)c(F)c1OC. The van der Waals surface area contributed by atoms with Gasteiger partial charge in [-0.2, -0.15) is 0 Å². The molecule has 0 radical (unpaired) electrons. The lowest BCUT2D eigenvalue weighted by atomic mass is 9.77. The molecule has 0 bridgehead atoms. The van der Waals surface area contributed by atoms with E-state index in [9.17, 15) is 38.2 Å². The Bertz CT molecular complexity index is 1600. The third-order valence-electron chi connectivity index (χ3n) is 9.24. The number of rotatable bonds is 18. The second-order valence-corrected chi connectivity index (χ2v) is 12.3. The molecule has 51 heavy (non-hydrogen) atoms. The molecule has 0 spiro atoms. The number of benzene rings is 2. The van der Waals surface area contributed by atoms with Crippen molar-refractivity contribution in [3.05, 3.63) is 58.3 Å². The van der Waals surface area contributed by atoms with Crippen molar-refractivity contribution in [1.29, 1.82) is 0 Å². The van der Waals surface area contributed by atoms with Crippen LogP contribution in [0.1, 0.15) is 47.4 Å². The van der Waals surface area contributed by atoms with Crippen molar-refractivity contribution >= 4 is 23.7 Å². The van der Waals surface area contributed by atoms with Gasteiger partial charge in [0.25, 0.3) is 11.8 Å². The summed E-state index contributed by atoms with van der Waals surface area (Å²) in [4.78, 5) is 54.1. The highest BCUT2D eigenvalue weighted by Gasteiger charge is 2.59. The molecule has 1 fully saturated rings. The molecule has 2 aromatic carbocycles. The molecule has 0 aromatic heterocycles. The quantitative estimate of drug-likeness (QED) is 0.132. The summed E-state index contributed by atoms with van der Waals surface area (Å²) in [5.41, 5.74) is -0.0705. The second-order valence-electron chi connectivity index (χ2n) is 12.3. The molecular formula is C35H44F2N4O10. The maximum atomic E-state index is 14.9. The van der Waals surface area contributed by atoms with Crippen LogP contribution in [0, 0.1) is 23.5 Å². The van der Waals surface area contributed by atoms with Crippen LogP contribution in [-0.4, -0.2) is 117 Å². The molecule has 16 heteroatoms. The van der Waals surface area contributed by atoms with Crippen LogP contribution >= 0.6 is 0 Å². The summed E-state index contributed by atoms with van der Waals surface area (Å²) in [5.74, 6) is -6.01. The summed E-state index contributed by atoms with van der Waals surface area (Å²) >= 11 is 0. The van der Waals surface area contributed by atoms with Crippen LogP contribution in [0.4, 0.5) is 8.78 Å². The van der Waals surface area contributed by atoms with E-state index in [4.69, 9.17) is 18.9 Å². The smallest absolute Gasteiger partial charge is 0.352 e. The van der Waals surface area contributed by atoms with Crippen LogP contribution in [0.15, 0.2) is 35.5 Å². The number of methoxy groups -OCH3 is 4. The van der Waals surface area contributed by atoms with Gasteiger partial charge in [-0.15, -0.1) is 0 Å². The first-order valence-electron chi connectivity index (χ1n) is 16.4. The summed E-state index contributed by atoms with van der Waals surface area (Å²) in [6.45, 7) is 4.42. The van der Waals surface area contributed by atoms with Crippen molar-refractivity contribution in [3.8, 4) is 23.0 Å². The maximum Gasteiger partial charge on any atom is 0.352 e. The Morgan fingerprint density at radius 2 is 1.33 bits per heavy atom. The first kappa shape index (κ1) is 38.8. The minimum absolute atomic E-state index is 0.117. The fourth-order valence-corrected chi connectivity index (χ4v) is 6.69. The lowest BCUT2D eigenvalue weighted by Gasteiger charge is -2.46. The standard InChI is InChI=1S/C35H44F2N4O10/c1-18-22(29(35(46)47)41-28(18)25(19(2)42)34(41)45)17-40(15-7-13-38-32(43)20-9-11-23(48-3)30(50-5)26(20)36)16-8-14-39-33(44)21-10-12-24(49-4)31(51-6)27(21)37/h9-12,18-19,25,28,42H,7-8,13-17H2,1-6H3,(H,38,43)(H,39,44)(H,46,47)/t18-,19+,25+,28?/m0/s1. The molecule has 2 heterocycles. The van der Waals surface area contributed by atoms with Crippen molar-refractivity contribution < 1.29 is 57.1 Å². The lowest BCUT2D eigenvalue weighted by Crippen LogP contribution is -2.63. The number of hydrogen-bond acceptors (Lipinski definition) is 10. The number of nitrogens with zero attached hydrogens (tertiary/aromatic N) is 2. The van der Waals surface area contributed by atoms with Gasteiger partial charge in [-0.05, 0) is 49.6 Å². The molecule has 3 amide bonds. The number of fused-ring (bicyclic) bond motifs is 1. The van der Waals surface area contributed by atoms with Gasteiger partial charge < -0.3 is 44.7 Å². The van der Waals surface area contributed by atoms with Gasteiger partial charge in [-0.3, -0.25) is 19.3 Å². The Kier molecular flexibility index (Phi) is 12.8. The Morgan fingerprint density at radius 3 is 1.73 bits per heavy atom. The van der Waals surface area contributed by atoms with Crippen LogP contribution in [0.2, 0.25) is 0 Å². The highest BCUT2D eigenvalue weighted by Crippen LogP contribution is 2.47. The number of aliphatic hydroxyl groups is 1. The lowest BCUT2D eigenvalue weighted by molar-refractivity contribution is -0.163. The molecule has 4 rings (SSSR count). The topological polar surface area (TPSA) is 176 Å². The fraction of sp³-hybridized carbons (Fsp3) is 0.486. The van der Waals surface area contributed by atoms with Gasteiger partial charge in [0.1, 0.15) is 5.70 Å². The van der Waals surface area contributed by atoms with E-state index in [1.807, 2.05) is 11.8 Å². The zero-order valence-corrected chi connectivity index (χ0v) is 29.4. The third kappa shape index (κ3) is 7.86. The van der Waals surface area contributed by atoms with Gasteiger partial charge in [0.15, 0.2) is 34.6 Å². The van der Waals surface area contributed by atoms with E-state index in [0.717, 1.165) is 0 Å². The van der Waals surface area contributed by atoms with E-state index in [0.29, 0.717) is 31.5 Å². The molecule has 0 saturated carbocycles. The number of carboxylic acid groups (broad SMARTS) is 1. The largest absolute Gasteiger partial charge is 0.493 e. The number of carbonyl (C=O) groups excluding carboxylic acids is 3. The number of β-lactam (4-membered cyclic amide) rings is 1. The number of aliphatic carboxylic acids is 1. The summed E-state index contributed by atoms with van der Waals surface area (Å²) < 4.78 is 50.1. The second kappa shape index (κ2) is 16.8. The number of carboxylic acids is 1. The average molecular weight is 719 g/mol. The molecule has 4 atom stereocenters. The minimum Gasteiger partial charge on any atom is -0.493 e. The highest BCUT2D eigenvalue weighted by molar-refractivity contribution is 6.00. The molecule has 2 aliphatic rings. The number of hydrogen-bond donors (Lipinski definition) is 4. The van der Waals surface area contributed by atoms with E-state index in [2.05, 4.69) is 10.6 Å². The molecular weight excluding hydrogens is 674 g/mol. The van der Waals surface area contributed by atoms with Crippen LogP contribution in [-0.2, 0) is 9.59 Å².